The van der Waals surface area contributed by atoms with Crippen molar-refractivity contribution in [3.05, 3.63) is 75.9 Å². The third kappa shape index (κ3) is 5.99. The van der Waals surface area contributed by atoms with Crippen molar-refractivity contribution in [2.45, 2.75) is 59.0 Å². The molecule has 1 saturated heterocycles. The number of carbonyl (C=O) groups is 3. The molecular formula is C33H39NO7. The molecule has 218 valence electrons. The quantitative estimate of drug-likeness (QED) is 0.219. The summed E-state index contributed by atoms with van der Waals surface area (Å²) in [5.41, 5.74) is 5.94. The van der Waals surface area contributed by atoms with Gasteiger partial charge in [-0.25, -0.2) is 4.79 Å². The highest BCUT2D eigenvalue weighted by molar-refractivity contribution is 6.16. The minimum atomic E-state index is -1.03. The van der Waals surface area contributed by atoms with Crippen LogP contribution in [0.3, 0.4) is 0 Å². The Labute approximate surface area is 241 Å². The van der Waals surface area contributed by atoms with Gasteiger partial charge in [0.25, 0.3) is 0 Å². The molecule has 8 nitrogen and oxygen atoms in total. The van der Waals surface area contributed by atoms with E-state index in [1.54, 1.807) is 0 Å². The lowest BCUT2D eigenvalue weighted by Crippen LogP contribution is -2.40. The maximum absolute atomic E-state index is 13.2. The number of likely N-dealkylation sites (tertiary alicyclic amines) is 1. The highest BCUT2D eigenvalue weighted by atomic mass is 16.5. The fourth-order valence-electron chi connectivity index (χ4n) is 6.44. The number of phenolic OH excluding ortho intramolecular Hbond substituents is 1. The van der Waals surface area contributed by atoms with Gasteiger partial charge in [0, 0.05) is 5.92 Å². The molecule has 2 aromatic rings. The van der Waals surface area contributed by atoms with Crippen molar-refractivity contribution < 1.29 is 34.4 Å². The van der Waals surface area contributed by atoms with E-state index in [0.29, 0.717) is 29.7 Å². The monoisotopic (exact) mass is 561 g/mol. The van der Waals surface area contributed by atoms with Crippen molar-refractivity contribution in [2.24, 2.45) is 17.8 Å². The summed E-state index contributed by atoms with van der Waals surface area (Å²) in [6.45, 7) is 5.28. The Hall–Kier alpha value is -3.75. The minimum Gasteiger partial charge on any atom is -0.507 e. The number of phenols is 1. The Bertz CT molecular complexity index is 1350. The van der Waals surface area contributed by atoms with Crippen LogP contribution in [0, 0.1) is 31.6 Å². The predicted molar refractivity (Wildman–Crippen MR) is 155 cm³/mol. The molecule has 0 radical (unpaired) electrons. The Morgan fingerprint density at radius 2 is 1.78 bits per heavy atom. The summed E-state index contributed by atoms with van der Waals surface area (Å²) < 4.78 is 4.68. The summed E-state index contributed by atoms with van der Waals surface area (Å²) in [4.78, 5) is 39.1. The maximum Gasteiger partial charge on any atom is 0.423 e. The first-order chi connectivity index (χ1) is 19.6. The first-order valence-electron chi connectivity index (χ1n) is 14.2. The van der Waals surface area contributed by atoms with Crippen LogP contribution in [0.5, 0.6) is 5.75 Å². The minimum absolute atomic E-state index is 0.257. The van der Waals surface area contributed by atoms with Gasteiger partial charge in [-0.1, -0.05) is 55.3 Å². The highest BCUT2D eigenvalue weighted by Crippen LogP contribution is 2.47. The molecule has 2 aromatic carbocycles. The average molecular weight is 562 g/mol. The van der Waals surface area contributed by atoms with Gasteiger partial charge in [0.1, 0.15) is 5.75 Å². The van der Waals surface area contributed by atoms with Crippen LogP contribution < -0.4 is 0 Å². The molecule has 1 heterocycles. The summed E-state index contributed by atoms with van der Waals surface area (Å²) >= 11 is 0. The number of benzene rings is 2. The first kappa shape index (κ1) is 30.2. The van der Waals surface area contributed by atoms with Crippen LogP contribution in [0.15, 0.2) is 53.6 Å². The normalized spacial score (nSPS) is 21.8. The number of aliphatic hydroxyl groups is 2. The second-order valence-electron chi connectivity index (χ2n) is 11.0. The number of carbonyl (C=O) groups excluding carboxylic acids is 3. The number of methoxy groups -OCH3 is 1. The highest BCUT2D eigenvalue weighted by Gasteiger charge is 2.57. The van der Waals surface area contributed by atoms with E-state index in [4.69, 9.17) is 0 Å². The number of aromatic hydroxyl groups is 1. The second kappa shape index (κ2) is 12.8. The number of aryl methyl sites for hydroxylation is 2. The van der Waals surface area contributed by atoms with E-state index in [-0.39, 0.29) is 12.2 Å². The van der Waals surface area contributed by atoms with E-state index < -0.39 is 48.4 Å². The smallest absolute Gasteiger partial charge is 0.423 e. The van der Waals surface area contributed by atoms with Gasteiger partial charge in [0.15, 0.2) is 0 Å². The Kier molecular flexibility index (Phi) is 9.46. The number of rotatable bonds is 9. The number of ether oxygens (including phenoxy) is 1. The number of fused-ring (bicyclic) bond motifs is 1. The number of imide groups is 3. The Morgan fingerprint density at radius 3 is 2.37 bits per heavy atom. The van der Waals surface area contributed by atoms with E-state index in [9.17, 15) is 29.7 Å². The maximum atomic E-state index is 13.2. The SMILES string of the molecule is CCCC1=C([C@H](O)CC/C(=C/c2cc(C)c(O)c(C)c2)c2ccccc2)[C@H](CO)[C@@H]2C(=O)N(C(=O)OC)C(=O)[C@@H]2C1. The van der Waals surface area contributed by atoms with Crippen LogP contribution in [0.2, 0.25) is 0 Å². The molecule has 4 rings (SSSR count). The molecule has 3 N–H and O–H groups in total. The standard InChI is InChI=1S/C33H39NO7/c1-5-9-24-17-25-29(32(39)34(31(25)38)33(40)41-4)26(18-35)28(24)27(36)13-12-23(22-10-7-6-8-11-22)16-21-14-19(2)30(37)20(3)15-21/h6-8,10-11,14-16,25-27,29,35-37H,5,9,12-13,17-18H2,1-4H3/b23-16-/t25-,26+,27-,29-/m1/s1. The van der Waals surface area contributed by atoms with Gasteiger partial charge in [0.05, 0.1) is 31.7 Å². The number of aliphatic hydroxyl groups excluding tert-OH is 2. The van der Waals surface area contributed by atoms with Crippen LogP contribution in [0.1, 0.15) is 61.3 Å². The lowest BCUT2D eigenvalue weighted by atomic mass is 9.67. The molecule has 8 heteroatoms. The fourth-order valence-corrected chi connectivity index (χ4v) is 6.44. The van der Waals surface area contributed by atoms with E-state index in [0.717, 1.165) is 46.9 Å². The molecule has 41 heavy (non-hydrogen) atoms. The first-order valence-corrected chi connectivity index (χ1v) is 14.2. The van der Waals surface area contributed by atoms with E-state index in [2.05, 4.69) is 10.8 Å². The van der Waals surface area contributed by atoms with Crippen LogP contribution in [-0.4, -0.2) is 57.9 Å². The van der Waals surface area contributed by atoms with Crippen LogP contribution in [-0.2, 0) is 14.3 Å². The van der Waals surface area contributed by atoms with Crippen molar-refractivity contribution in [2.75, 3.05) is 13.7 Å². The predicted octanol–water partition coefficient (Wildman–Crippen LogP) is 5.17. The van der Waals surface area contributed by atoms with Crippen molar-refractivity contribution >= 4 is 29.6 Å². The van der Waals surface area contributed by atoms with E-state index in [1.165, 1.54) is 0 Å². The van der Waals surface area contributed by atoms with Gasteiger partial charge in [0.2, 0.25) is 11.8 Å². The topological polar surface area (TPSA) is 124 Å². The van der Waals surface area contributed by atoms with Crippen molar-refractivity contribution in [1.82, 2.24) is 4.90 Å². The molecule has 2 aliphatic rings. The summed E-state index contributed by atoms with van der Waals surface area (Å²) in [6, 6.07) is 13.7. The van der Waals surface area contributed by atoms with Gasteiger partial charge < -0.3 is 20.1 Å². The zero-order valence-electron chi connectivity index (χ0n) is 24.1. The molecule has 0 aromatic heterocycles. The number of amides is 3. The van der Waals surface area contributed by atoms with E-state index in [1.807, 2.05) is 63.2 Å². The van der Waals surface area contributed by atoms with E-state index >= 15 is 0 Å². The lowest BCUT2D eigenvalue weighted by molar-refractivity contribution is -0.137. The fraction of sp³-hybridized carbons (Fsp3) is 0.424. The number of allylic oxidation sites excluding steroid dienone is 2. The van der Waals surface area contributed by atoms with Crippen molar-refractivity contribution in [3.8, 4) is 5.75 Å². The molecule has 0 spiro atoms. The Balaban J connectivity index is 1.67. The van der Waals surface area contributed by atoms with Gasteiger partial charge >= 0.3 is 6.09 Å². The van der Waals surface area contributed by atoms with Crippen LogP contribution in [0.25, 0.3) is 11.6 Å². The number of nitrogens with zero attached hydrogens (tertiary/aromatic N) is 1. The summed E-state index contributed by atoms with van der Waals surface area (Å²) in [5, 5.41) is 32.3. The average Bonchev–Trinajstić information content (AvgIpc) is 3.22. The molecule has 0 unspecified atom stereocenters. The Morgan fingerprint density at radius 1 is 1.12 bits per heavy atom. The largest absolute Gasteiger partial charge is 0.507 e. The molecular weight excluding hydrogens is 522 g/mol. The zero-order valence-corrected chi connectivity index (χ0v) is 24.1. The molecule has 0 bridgehead atoms. The number of hydrogen-bond acceptors (Lipinski definition) is 7. The molecule has 4 atom stereocenters. The van der Waals surface area contributed by atoms with Crippen LogP contribution in [0.4, 0.5) is 4.79 Å². The zero-order chi connectivity index (χ0) is 29.8. The van der Waals surface area contributed by atoms with Crippen molar-refractivity contribution in [3.63, 3.8) is 0 Å². The third-order valence-electron chi connectivity index (χ3n) is 8.33. The van der Waals surface area contributed by atoms with Crippen LogP contribution >= 0.6 is 0 Å². The van der Waals surface area contributed by atoms with Gasteiger partial charge in [-0.2, -0.15) is 4.90 Å². The lowest BCUT2D eigenvalue weighted by Gasteiger charge is -2.36. The number of hydrogen-bond donors (Lipinski definition) is 3. The molecule has 0 saturated carbocycles. The molecule has 1 aliphatic heterocycles. The summed E-state index contributed by atoms with van der Waals surface area (Å²) in [6.07, 6.45) is 2.53. The van der Waals surface area contributed by atoms with Gasteiger partial charge in [-0.05, 0) is 85.1 Å². The third-order valence-corrected chi connectivity index (χ3v) is 8.33. The summed E-state index contributed by atoms with van der Waals surface area (Å²) in [5.74, 6) is -3.50. The molecule has 1 aliphatic carbocycles. The molecule has 3 amide bonds. The second-order valence-corrected chi connectivity index (χ2v) is 11.0. The van der Waals surface area contributed by atoms with Crippen molar-refractivity contribution in [1.29, 1.82) is 0 Å². The van der Waals surface area contributed by atoms with Gasteiger partial charge in [-0.15, -0.1) is 0 Å². The molecule has 1 fully saturated rings. The summed E-state index contributed by atoms with van der Waals surface area (Å²) in [7, 11) is 1.11. The van der Waals surface area contributed by atoms with Gasteiger partial charge in [-0.3, -0.25) is 9.59 Å².